The van der Waals surface area contributed by atoms with Crippen molar-refractivity contribution in [1.29, 1.82) is 0 Å². The molecule has 2 rings (SSSR count). The van der Waals surface area contributed by atoms with Crippen LogP contribution in [0.4, 0.5) is 5.82 Å². The number of rotatable bonds is 7. The molecule has 0 aliphatic carbocycles. The molecule has 0 amide bonds. The lowest BCUT2D eigenvalue weighted by Gasteiger charge is -2.10. The van der Waals surface area contributed by atoms with E-state index in [-0.39, 0.29) is 0 Å². The smallest absolute Gasteiger partial charge is 0.134 e. The third kappa shape index (κ3) is 5.34. The molecule has 4 nitrogen and oxygen atoms in total. The fraction of sp³-hybridized carbons (Fsp3) is 0.375. The summed E-state index contributed by atoms with van der Waals surface area (Å²) in [6.07, 6.45) is 0.910. The molecule has 0 atom stereocenters. The molecular formula is C16H20BrN3O. The number of anilines is 1. The molecule has 0 aliphatic heterocycles. The van der Waals surface area contributed by atoms with E-state index in [0.717, 1.165) is 35.0 Å². The minimum atomic E-state index is 0.310. The second kappa shape index (κ2) is 7.98. The lowest BCUT2D eigenvalue weighted by Crippen LogP contribution is -2.10. The van der Waals surface area contributed by atoms with Crippen LogP contribution < -0.4 is 10.1 Å². The van der Waals surface area contributed by atoms with Gasteiger partial charge in [0.25, 0.3) is 0 Å². The Morgan fingerprint density at radius 2 is 1.95 bits per heavy atom. The van der Waals surface area contributed by atoms with E-state index in [9.17, 15) is 0 Å². The largest absolute Gasteiger partial charge is 0.494 e. The summed E-state index contributed by atoms with van der Waals surface area (Å²) < 4.78 is 6.46. The Labute approximate surface area is 134 Å². The molecule has 0 saturated carbocycles. The molecule has 0 unspecified atom stereocenters. The molecular weight excluding hydrogens is 330 g/mol. The number of benzene rings is 1. The lowest BCUT2D eigenvalue weighted by molar-refractivity contribution is 0.315. The van der Waals surface area contributed by atoms with Crippen LogP contribution in [-0.4, -0.2) is 23.1 Å². The van der Waals surface area contributed by atoms with Gasteiger partial charge in [-0.2, -0.15) is 0 Å². The van der Waals surface area contributed by atoms with Crippen molar-refractivity contribution < 1.29 is 4.74 Å². The predicted molar refractivity (Wildman–Crippen MR) is 88.9 cm³/mol. The summed E-state index contributed by atoms with van der Waals surface area (Å²) in [6.45, 7) is 5.66. The summed E-state index contributed by atoms with van der Waals surface area (Å²) in [6, 6.07) is 11.7. The second-order valence-corrected chi connectivity index (χ2v) is 5.84. The van der Waals surface area contributed by atoms with E-state index in [1.165, 1.54) is 0 Å². The van der Waals surface area contributed by atoms with Gasteiger partial charge in [-0.1, -0.05) is 32.0 Å². The van der Waals surface area contributed by atoms with Crippen molar-refractivity contribution in [2.45, 2.75) is 26.2 Å². The molecule has 5 heteroatoms. The number of hydrogen-bond donors (Lipinski definition) is 1. The van der Waals surface area contributed by atoms with Crippen molar-refractivity contribution in [2.75, 3.05) is 18.5 Å². The van der Waals surface area contributed by atoms with Gasteiger partial charge in [0, 0.05) is 18.5 Å². The zero-order valence-electron chi connectivity index (χ0n) is 12.3. The zero-order valence-corrected chi connectivity index (χ0v) is 13.9. The van der Waals surface area contributed by atoms with Crippen LogP contribution in [-0.2, 0) is 0 Å². The Morgan fingerprint density at radius 3 is 2.67 bits per heavy atom. The molecule has 2 aromatic rings. The van der Waals surface area contributed by atoms with Gasteiger partial charge in [0.1, 0.15) is 22.0 Å². The first-order chi connectivity index (χ1) is 10.1. The Balaban J connectivity index is 1.76. The van der Waals surface area contributed by atoms with Gasteiger partial charge in [-0.15, -0.1) is 0 Å². The molecule has 0 radical (unpaired) electrons. The molecule has 0 fully saturated rings. The van der Waals surface area contributed by atoms with Gasteiger partial charge in [-0.3, -0.25) is 0 Å². The maximum atomic E-state index is 5.65. The van der Waals surface area contributed by atoms with Crippen LogP contribution >= 0.6 is 15.9 Å². The van der Waals surface area contributed by atoms with Crippen molar-refractivity contribution >= 4 is 21.7 Å². The van der Waals surface area contributed by atoms with E-state index in [1.807, 2.05) is 36.4 Å². The average molecular weight is 350 g/mol. The molecule has 1 aromatic carbocycles. The summed E-state index contributed by atoms with van der Waals surface area (Å²) >= 11 is 3.42. The lowest BCUT2D eigenvalue weighted by atomic mass is 10.2. The monoisotopic (exact) mass is 349 g/mol. The van der Waals surface area contributed by atoms with Crippen molar-refractivity contribution in [2.24, 2.45) is 0 Å². The summed E-state index contributed by atoms with van der Waals surface area (Å²) in [7, 11) is 0. The fourth-order valence-electron chi connectivity index (χ4n) is 1.78. The molecule has 0 aliphatic rings. The van der Waals surface area contributed by atoms with Gasteiger partial charge in [0.15, 0.2) is 0 Å². The summed E-state index contributed by atoms with van der Waals surface area (Å²) in [5.74, 6) is 2.90. The molecule has 0 spiro atoms. The van der Waals surface area contributed by atoms with Crippen molar-refractivity contribution in [3.63, 3.8) is 0 Å². The van der Waals surface area contributed by atoms with Crippen LogP contribution in [0.25, 0.3) is 0 Å². The molecule has 0 bridgehead atoms. The number of halogens is 1. The van der Waals surface area contributed by atoms with E-state index in [1.54, 1.807) is 0 Å². The van der Waals surface area contributed by atoms with Crippen molar-refractivity contribution in [3.05, 3.63) is 46.8 Å². The minimum Gasteiger partial charge on any atom is -0.494 e. The fourth-order valence-corrected chi connectivity index (χ4v) is 2.18. The van der Waals surface area contributed by atoms with E-state index in [0.29, 0.717) is 12.5 Å². The third-order valence-corrected chi connectivity index (χ3v) is 3.27. The van der Waals surface area contributed by atoms with Gasteiger partial charge in [-0.25, -0.2) is 9.97 Å². The standard InChI is InChI=1S/C16H20BrN3O/c1-12(2)16-19-14(17)11-15(20-16)18-9-6-10-21-13-7-4-3-5-8-13/h3-5,7-8,11-12H,6,9-10H2,1-2H3,(H,18,19,20). The van der Waals surface area contributed by atoms with E-state index >= 15 is 0 Å². The summed E-state index contributed by atoms with van der Waals surface area (Å²) in [4.78, 5) is 8.85. The van der Waals surface area contributed by atoms with Crippen LogP contribution in [0.5, 0.6) is 5.75 Å². The highest BCUT2D eigenvalue weighted by Crippen LogP contribution is 2.17. The quantitative estimate of drug-likeness (QED) is 0.599. The highest BCUT2D eigenvalue weighted by Gasteiger charge is 2.06. The molecule has 1 aromatic heterocycles. The van der Waals surface area contributed by atoms with Crippen molar-refractivity contribution in [1.82, 2.24) is 9.97 Å². The Kier molecular flexibility index (Phi) is 5.99. The maximum absolute atomic E-state index is 5.65. The summed E-state index contributed by atoms with van der Waals surface area (Å²) in [5.41, 5.74) is 0. The number of nitrogens with one attached hydrogen (secondary N) is 1. The Morgan fingerprint density at radius 1 is 1.19 bits per heavy atom. The molecule has 1 heterocycles. The first kappa shape index (κ1) is 15.8. The second-order valence-electron chi connectivity index (χ2n) is 5.03. The highest BCUT2D eigenvalue weighted by atomic mass is 79.9. The predicted octanol–water partition coefficient (Wildman–Crippen LogP) is 4.24. The van der Waals surface area contributed by atoms with Crippen LogP contribution in [0.3, 0.4) is 0 Å². The van der Waals surface area contributed by atoms with Gasteiger partial charge >= 0.3 is 0 Å². The zero-order chi connectivity index (χ0) is 15.1. The molecule has 1 N–H and O–H groups in total. The first-order valence-corrected chi connectivity index (χ1v) is 7.90. The Bertz CT molecular complexity index is 561. The van der Waals surface area contributed by atoms with E-state index in [4.69, 9.17) is 4.74 Å². The van der Waals surface area contributed by atoms with Gasteiger partial charge in [0.2, 0.25) is 0 Å². The number of para-hydroxylation sites is 1. The Hall–Kier alpha value is -1.62. The average Bonchev–Trinajstić information content (AvgIpc) is 2.47. The van der Waals surface area contributed by atoms with Gasteiger partial charge in [0.05, 0.1) is 6.61 Å². The topological polar surface area (TPSA) is 47.0 Å². The number of aromatic nitrogens is 2. The van der Waals surface area contributed by atoms with Crippen LogP contribution in [0, 0.1) is 0 Å². The van der Waals surface area contributed by atoms with Gasteiger partial charge in [-0.05, 0) is 34.5 Å². The number of ether oxygens (including phenoxy) is 1. The third-order valence-electron chi connectivity index (χ3n) is 2.87. The number of nitrogens with zero attached hydrogens (tertiary/aromatic N) is 2. The molecule has 112 valence electrons. The number of hydrogen-bond acceptors (Lipinski definition) is 4. The molecule has 0 saturated heterocycles. The van der Waals surface area contributed by atoms with E-state index < -0.39 is 0 Å². The minimum absolute atomic E-state index is 0.310. The van der Waals surface area contributed by atoms with E-state index in [2.05, 4.69) is 45.1 Å². The van der Waals surface area contributed by atoms with Crippen molar-refractivity contribution in [3.8, 4) is 5.75 Å². The molecule has 21 heavy (non-hydrogen) atoms. The summed E-state index contributed by atoms with van der Waals surface area (Å²) in [5, 5.41) is 3.31. The SMILES string of the molecule is CC(C)c1nc(Br)cc(NCCCOc2ccccc2)n1. The van der Waals surface area contributed by atoms with Gasteiger partial charge < -0.3 is 10.1 Å². The van der Waals surface area contributed by atoms with Crippen LogP contribution in [0.15, 0.2) is 41.0 Å². The van der Waals surface area contributed by atoms with Crippen LogP contribution in [0.1, 0.15) is 32.0 Å². The maximum Gasteiger partial charge on any atom is 0.134 e. The highest BCUT2D eigenvalue weighted by molar-refractivity contribution is 9.10. The normalized spacial score (nSPS) is 10.7. The van der Waals surface area contributed by atoms with Crippen LogP contribution in [0.2, 0.25) is 0 Å². The first-order valence-electron chi connectivity index (χ1n) is 7.11.